The molecule has 0 atom stereocenters. The molecule has 2 rings (SSSR count). The van der Waals surface area contributed by atoms with E-state index in [4.69, 9.17) is 16.3 Å². The van der Waals surface area contributed by atoms with Crippen LogP contribution in [0.4, 0.5) is 0 Å². The fraction of sp³-hybridized carbons (Fsp3) is 0.600. The summed E-state index contributed by atoms with van der Waals surface area (Å²) in [6.07, 6.45) is 3.66. The van der Waals surface area contributed by atoms with Crippen LogP contribution in [-0.2, 0) is 6.54 Å². The molecule has 3 nitrogen and oxygen atoms in total. The quantitative estimate of drug-likeness (QED) is 0.902. The second-order valence-electron chi connectivity index (χ2n) is 4.58. The molecule has 1 saturated heterocycles. The minimum absolute atomic E-state index is 0.772. The van der Waals surface area contributed by atoms with Gasteiger partial charge in [-0.15, -0.1) is 0 Å². The first-order valence-corrected chi connectivity index (χ1v) is 7.38. The first kappa shape index (κ1) is 16.3. The van der Waals surface area contributed by atoms with E-state index in [1.807, 2.05) is 18.2 Å². The van der Waals surface area contributed by atoms with Gasteiger partial charge in [-0.3, -0.25) is 4.90 Å². The fourth-order valence-electron chi connectivity index (χ4n) is 2.21. The number of hydrogen-bond donors (Lipinski definition) is 1. The molecule has 1 fully saturated rings. The van der Waals surface area contributed by atoms with Gasteiger partial charge in [0.2, 0.25) is 0 Å². The Bertz CT molecular complexity index is 365. The van der Waals surface area contributed by atoms with Crippen molar-refractivity contribution in [2.45, 2.75) is 32.7 Å². The SMILES string of the molecule is CCCOc1ccc(Cl)cc1CN1CCCC1.CN. The maximum absolute atomic E-state index is 6.06. The minimum Gasteiger partial charge on any atom is -0.493 e. The molecule has 108 valence electrons. The van der Waals surface area contributed by atoms with Crippen LogP contribution in [0.3, 0.4) is 0 Å². The van der Waals surface area contributed by atoms with Gasteiger partial charge in [0.25, 0.3) is 0 Å². The van der Waals surface area contributed by atoms with Crippen molar-refractivity contribution in [3.63, 3.8) is 0 Å². The lowest BCUT2D eigenvalue weighted by atomic mass is 10.2. The zero-order valence-electron chi connectivity index (χ0n) is 12.0. The fourth-order valence-corrected chi connectivity index (χ4v) is 2.40. The van der Waals surface area contributed by atoms with Gasteiger partial charge >= 0.3 is 0 Å². The van der Waals surface area contributed by atoms with Gasteiger partial charge in [0.05, 0.1) is 6.61 Å². The third-order valence-corrected chi connectivity index (χ3v) is 3.31. The Morgan fingerprint density at radius 3 is 2.58 bits per heavy atom. The molecule has 0 spiro atoms. The van der Waals surface area contributed by atoms with Crippen LogP contribution in [0.15, 0.2) is 18.2 Å². The highest BCUT2D eigenvalue weighted by Gasteiger charge is 2.14. The molecule has 1 heterocycles. The molecule has 1 aromatic carbocycles. The summed E-state index contributed by atoms with van der Waals surface area (Å²) >= 11 is 6.06. The summed E-state index contributed by atoms with van der Waals surface area (Å²) < 4.78 is 5.77. The average Bonchev–Trinajstić information content (AvgIpc) is 2.93. The summed E-state index contributed by atoms with van der Waals surface area (Å²) in [5.41, 5.74) is 5.72. The van der Waals surface area contributed by atoms with Crippen LogP contribution in [0.25, 0.3) is 0 Å². The molecule has 0 saturated carbocycles. The molecule has 0 amide bonds. The number of nitrogens with zero attached hydrogens (tertiary/aromatic N) is 1. The average molecular weight is 285 g/mol. The topological polar surface area (TPSA) is 38.5 Å². The summed E-state index contributed by atoms with van der Waals surface area (Å²) in [7, 11) is 1.50. The molecule has 0 aliphatic carbocycles. The van der Waals surface area contributed by atoms with Gasteiger partial charge in [-0.2, -0.15) is 0 Å². The van der Waals surface area contributed by atoms with E-state index in [0.717, 1.165) is 30.3 Å². The van der Waals surface area contributed by atoms with Crippen molar-refractivity contribution in [2.24, 2.45) is 5.73 Å². The highest BCUT2D eigenvalue weighted by atomic mass is 35.5. The minimum atomic E-state index is 0.772. The predicted octanol–water partition coefficient (Wildman–Crippen LogP) is 3.30. The molecule has 0 aromatic heterocycles. The number of rotatable bonds is 5. The molecule has 2 N–H and O–H groups in total. The van der Waals surface area contributed by atoms with E-state index in [2.05, 4.69) is 17.6 Å². The Morgan fingerprint density at radius 2 is 1.95 bits per heavy atom. The second kappa shape index (κ2) is 9.18. The van der Waals surface area contributed by atoms with Crippen molar-refractivity contribution in [3.8, 4) is 5.75 Å². The van der Waals surface area contributed by atoms with Gasteiger partial charge in [-0.25, -0.2) is 0 Å². The number of benzene rings is 1. The number of hydrogen-bond acceptors (Lipinski definition) is 3. The van der Waals surface area contributed by atoms with Crippen molar-refractivity contribution in [2.75, 3.05) is 26.7 Å². The summed E-state index contributed by atoms with van der Waals surface area (Å²) in [5, 5.41) is 0.794. The maximum atomic E-state index is 6.06. The van der Waals surface area contributed by atoms with E-state index in [1.54, 1.807) is 0 Å². The Balaban J connectivity index is 0.000000861. The standard InChI is InChI=1S/C14H20ClNO.CH5N/c1-2-9-17-14-6-5-13(15)10-12(14)11-16-7-3-4-8-16;1-2/h5-6,10H,2-4,7-9,11H2,1H3;2H2,1H3. The van der Waals surface area contributed by atoms with Crippen molar-refractivity contribution in [1.82, 2.24) is 4.90 Å². The van der Waals surface area contributed by atoms with Gasteiger partial charge in [0.15, 0.2) is 0 Å². The normalized spacial score (nSPS) is 14.9. The van der Waals surface area contributed by atoms with Crippen LogP contribution in [0.2, 0.25) is 5.02 Å². The molecule has 1 aliphatic rings. The molecule has 0 bridgehead atoms. The summed E-state index contributed by atoms with van der Waals surface area (Å²) in [4.78, 5) is 2.46. The van der Waals surface area contributed by atoms with Crippen molar-refractivity contribution < 1.29 is 4.74 Å². The number of halogens is 1. The molecule has 0 radical (unpaired) electrons. The van der Waals surface area contributed by atoms with Crippen LogP contribution in [0.5, 0.6) is 5.75 Å². The molecule has 4 heteroatoms. The van der Waals surface area contributed by atoms with E-state index in [-0.39, 0.29) is 0 Å². The third-order valence-electron chi connectivity index (χ3n) is 3.08. The second-order valence-corrected chi connectivity index (χ2v) is 5.02. The Labute approximate surface area is 121 Å². The van der Waals surface area contributed by atoms with Gasteiger partial charge < -0.3 is 10.5 Å². The van der Waals surface area contributed by atoms with Gasteiger partial charge in [-0.05, 0) is 57.6 Å². The van der Waals surface area contributed by atoms with Crippen LogP contribution >= 0.6 is 11.6 Å². The lowest BCUT2D eigenvalue weighted by molar-refractivity contribution is 0.294. The van der Waals surface area contributed by atoms with Crippen LogP contribution in [0.1, 0.15) is 31.7 Å². The van der Waals surface area contributed by atoms with E-state index < -0.39 is 0 Å². The van der Waals surface area contributed by atoms with E-state index in [0.29, 0.717) is 0 Å². The third kappa shape index (κ3) is 5.39. The molecule has 1 aliphatic heterocycles. The zero-order chi connectivity index (χ0) is 14.1. The van der Waals surface area contributed by atoms with E-state index >= 15 is 0 Å². The van der Waals surface area contributed by atoms with Crippen LogP contribution < -0.4 is 10.5 Å². The van der Waals surface area contributed by atoms with Crippen molar-refractivity contribution in [3.05, 3.63) is 28.8 Å². The van der Waals surface area contributed by atoms with Crippen LogP contribution in [0, 0.1) is 0 Å². The summed E-state index contributed by atoms with van der Waals surface area (Å²) in [5.74, 6) is 0.989. The van der Waals surface area contributed by atoms with E-state index in [9.17, 15) is 0 Å². The highest BCUT2D eigenvalue weighted by Crippen LogP contribution is 2.25. The lowest BCUT2D eigenvalue weighted by Crippen LogP contribution is -2.19. The largest absolute Gasteiger partial charge is 0.493 e. The summed E-state index contributed by atoms with van der Waals surface area (Å²) in [6.45, 7) is 6.24. The lowest BCUT2D eigenvalue weighted by Gasteiger charge is -2.18. The highest BCUT2D eigenvalue weighted by molar-refractivity contribution is 6.30. The maximum Gasteiger partial charge on any atom is 0.123 e. The number of ether oxygens (including phenoxy) is 1. The smallest absolute Gasteiger partial charge is 0.123 e. The molecule has 0 unspecified atom stereocenters. The number of nitrogens with two attached hydrogens (primary N) is 1. The monoisotopic (exact) mass is 284 g/mol. The van der Waals surface area contributed by atoms with Gasteiger partial charge in [-0.1, -0.05) is 18.5 Å². The van der Waals surface area contributed by atoms with E-state index in [1.165, 1.54) is 38.5 Å². The molecule has 19 heavy (non-hydrogen) atoms. The molecule has 1 aromatic rings. The Morgan fingerprint density at radius 1 is 1.26 bits per heavy atom. The van der Waals surface area contributed by atoms with Crippen LogP contribution in [-0.4, -0.2) is 31.6 Å². The first-order chi connectivity index (χ1) is 9.29. The van der Waals surface area contributed by atoms with Gasteiger partial charge in [0.1, 0.15) is 5.75 Å². The van der Waals surface area contributed by atoms with Gasteiger partial charge in [0, 0.05) is 17.1 Å². The Kier molecular flexibility index (Phi) is 7.87. The first-order valence-electron chi connectivity index (χ1n) is 7.01. The van der Waals surface area contributed by atoms with Crippen molar-refractivity contribution >= 4 is 11.6 Å². The molecular weight excluding hydrogens is 260 g/mol. The predicted molar refractivity (Wildman–Crippen MR) is 81.9 cm³/mol. The Hall–Kier alpha value is -0.770. The summed E-state index contributed by atoms with van der Waals surface area (Å²) in [6, 6.07) is 5.92. The number of likely N-dealkylation sites (tertiary alicyclic amines) is 1. The zero-order valence-corrected chi connectivity index (χ0v) is 12.7. The van der Waals surface area contributed by atoms with Crippen molar-refractivity contribution in [1.29, 1.82) is 0 Å². The molecular formula is C15H25ClN2O.